The third-order valence-corrected chi connectivity index (χ3v) is 4.64. The molecule has 4 nitrogen and oxygen atoms in total. The fourth-order valence-electron chi connectivity index (χ4n) is 3.25. The third kappa shape index (κ3) is 2.79. The number of carbonyl (C=O) groups is 1. The van der Waals surface area contributed by atoms with E-state index in [0.29, 0.717) is 6.04 Å². The van der Waals surface area contributed by atoms with E-state index in [0.717, 1.165) is 16.8 Å². The molecule has 2 N–H and O–H groups in total. The molecule has 116 valence electrons. The summed E-state index contributed by atoms with van der Waals surface area (Å²) in [6, 6.07) is 10.6. The lowest BCUT2D eigenvalue weighted by molar-refractivity contribution is 0.0691. The van der Waals surface area contributed by atoms with Crippen LogP contribution in [0.4, 0.5) is 0 Å². The van der Waals surface area contributed by atoms with Gasteiger partial charge in [0.25, 0.3) is 0 Å². The molecule has 0 radical (unpaired) electrons. The molecule has 1 aromatic heterocycles. The maximum Gasteiger partial charge on any atom is 0.352 e. The van der Waals surface area contributed by atoms with Crippen molar-refractivity contribution in [1.29, 1.82) is 0 Å². The van der Waals surface area contributed by atoms with Crippen LogP contribution in [0.3, 0.4) is 0 Å². The predicted octanol–water partition coefficient (Wildman–Crippen LogP) is 3.85. The number of H-pyrrole nitrogens is 1. The summed E-state index contributed by atoms with van der Waals surface area (Å²) in [4.78, 5) is 16.5. The standard InChI is InChI=1S/C18H22N2O2/c1-12-16(11-17(19-12)18(21)22)15-7-5-14(6-8-15)13(2)20-9-3-4-10-20/h5-8,11,13,19H,3-4,9-10H2,1-2H3,(H,21,22). The average Bonchev–Trinajstić information content (AvgIpc) is 3.16. The van der Waals surface area contributed by atoms with Crippen LogP contribution in [0.25, 0.3) is 11.1 Å². The van der Waals surface area contributed by atoms with Crippen LogP contribution in [-0.4, -0.2) is 34.0 Å². The van der Waals surface area contributed by atoms with Gasteiger partial charge in [0.2, 0.25) is 0 Å². The molecule has 0 amide bonds. The summed E-state index contributed by atoms with van der Waals surface area (Å²) in [5, 5.41) is 9.07. The van der Waals surface area contributed by atoms with E-state index in [1.54, 1.807) is 6.07 Å². The number of aromatic nitrogens is 1. The zero-order valence-corrected chi connectivity index (χ0v) is 13.1. The number of hydrogen-bond acceptors (Lipinski definition) is 2. The highest BCUT2D eigenvalue weighted by Gasteiger charge is 2.19. The maximum atomic E-state index is 11.1. The summed E-state index contributed by atoms with van der Waals surface area (Å²) in [6.45, 7) is 6.52. The molecule has 1 saturated heterocycles. The van der Waals surface area contributed by atoms with Crippen molar-refractivity contribution in [3.8, 4) is 11.1 Å². The molecule has 0 spiro atoms. The summed E-state index contributed by atoms with van der Waals surface area (Å²) in [6.07, 6.45) is 2.59. The predicted molar refractivity (Wildman–Crippen MR) is 87.1 cm³/mol. The van der Waals surface area contributed by atoms with E-state index in [2.05, 4.69) is 41.1 Å². The van der Waals surface area contributed by atoms with Gasteiger partial charge in [-0.1, -0.05) is 24.3 Å². The van der Waals surface area contributed by atoms with Crippen LogP contribution in [0.15, 0.2) is 30.3 Å². The fraction of sp³-hybridized carbons (Fsp3) is 0.389. The maximum absolute atomic E-state index is 11.1. The number of benzene rings is 1. The average molecular weight is 298 g/mol. The minimum atomic E-state index is -0.923. The van der Waals surface area contributed by atoms with Crippen molar-refractivity contribution in [2.24, 2.45) is 0 Å². The van der Waals surface area contributed by atoms with Crippen LogP contribution in [0.1, 0.15) is 47.6 Å². The Hall–Kier alpha value is -2.07. The number of aromatic amines is 1. The summed E-state index contributed by atoms with van der Waals surface area (Å²) in [7, 11) is 0. The minimum Gasteiger partial charge on any atom is -0.477 e. The van der Waals surface area contributed by atoms with Crippen molar-refractivity contribution < 1.29 is 9.90 Å². The van der Waals surface area contributed by atoms with Crippen LogP contribution < -0.4 is 0 Å². The molecule has 1 aromatic carbocycles. The first-order valence-corrected chi connectivity index (χ1v) is 7.83. The van der Waals surface area contributed by atoms with Crippen molar-refractivity contribution in [1.82, 2.24) is 9.88 Å². The van der Waals surface area contributed by atoms with Gasteiger partial charge < -0.3 is 10.1 Å². The van der Waals surface area contributed by atoms with Crippen molar-refractivity contribution in [2.75, 3.05) is 13.1 Å². The topological polar surface area (TPSA) is 56.3 Å². The molecule has 22 heavy (non-hydrogen) atoms. The number of nitrogens with one attached hydrogen (secondary N) is 1. The molecule has 4 heteroatoms. The number of likely N-dealkylation sites (tertiary alicyclic amines) is 1. The molecule has 3 rings (SSSR count). The Balaban J connectivity index is 1.83. The normalized spacial score (nSPS) is 16.8. The quantitative estimate of drug-likeness (QED) is 0.901. The number of carboxylic acid groups (broad SMARTS) is 1. The highest BCUT2D eigenvalue weighted by atomic mass is 16.4. The molecule has 1 aliphatic heterocycles. The largest absolute Gasteiger partial charge is 0.477 e. The molecule has 2 aromatic rings. The first-order valence-electron chi connectivity index (χ1n) is 7.83. The van der Waals surface area contributed by atoms with Gasteiger partial charge in [0.15, 0.2) is 0 Å². The summed E-state index contributed by atoms with van der Waals surface area (Å²) in [5.74, 6) is -0.923. The van der Waals surface area contributed by atoms with Gasteiger partial charge in [0.1, 0.15) is 5.69 Å². The van der Waals surface area contributed by atoms with Crippen LogP contribution >= 0.6 is 0 Å². The monoisotopic (exact) mass is 298 g/mol. The Kier molecular flexibility index (Phi) is 4.03. The van der Waals surface area contributed by atoms with Crippen molar-refractivity contribution >= 4 is 5.97 Å². The van der Waals surface area contributed by atoms with Crippen molar-refractivity contribution in [3.63, 3.8) is 0 Å². The van der Waals surface area contributed by atoms with Crippen molar-refractivity contribution in [3.05, 3.63) is 47.3 Å². The van der Waals surface area contributed by atoms with Gasteiger partial charge in [0.05, 0.1) is 0 Å². The van der Waals surface area contributed by atoms with E-state index >= 15 is 0 Å². The highest BCUT2D eigenvalue weighted by Crippen LogP contribution is 2.29. The highest BCUT2D eigenvalue weighted by molar-refractivity contribution is 5.88. The Bertz CT molecular complexity index is 667. The fourth-order valence-corrected chi connectivity index (χ4v) is 3.25. The zero-order chi connectivity index (χ0) is 15.7. The SMILES string of the molecule is Cc1[nH]c(C(=O)O)cc1-c1ccc(C(C)N2CCCC2)cc1. The van der Waals surface area contributed by atoms with Gasteiger partial charge in [-0.25, -0.2) is 4.79 Å². The van der Waals surface area contributed by atoms with E-state index in [-0.39, 0.29) is 5.69 Å². The zero-order valence-electron chi connectivity index (χ0n) is 13.1. The van der Waals surface area contributed by atoms with Crippen LogP contribution in [0.5, 0.6) is 0 Å². The van der Waals surface area contributed by atoms with Gasteiger partial charge >= 0.3 is 5.97 Å². The molecule has 1 aliphatic rings. The number of nitrogens with zero attached hydrogens (tertiary/aromatic N) is 1. The van der Waals surface area contributed by atoms with Crippen molar-refractivity contribution in [2.45, 2.75) is 32.7 Å². The van der Waals surface area contributed by atoms with Gasteiger partial charge in [-0.05, 0) is 57.0 Å². The lowest BCUT2D eigenvalue weighted by Gasteiger charge is -2.24. The van der Waals surface area contributed by atoms with Gasteiger partial charge in [-0.15, -0.1) is 0 Å². The third-order valence-electron chi connectivity index (χ3n) is 4.64. The Morgan fingerprint density at radius 1 is 1.23 bits per heavy atom. The second kappa shape index (κ2) is 5.97. The Labute approximate surface area is 130 Å². The molecule has 1 fully saturated rings. The second-order valence-corrected chi connectivity index (χ2v) is 6.07. The summed E-state index contributed by atoms with van der Waals surface area (Å²) < 4.78 is 0. The smallest absolute Gasteiger partial charge is 0.352 e. The number of aryl methyl sites for hydroxylation is 1. The summed E-state index contributed by atoms with van der Waals surface area (Å²) in [5.41, 5.74) is 4.45. The molecular weight excluding hydrogens is 276 g/mol. The Morgan fingerprint density at radius 2 is 1.86 bits per heavy atom. The lowest BCUT2D eigenvalue weighted by atomic mass is 10.0. The van der Waals surface area contributed by atoms with Gasteiger partial charge in [-0.3, -0.25) is 4.90 Å². The van der Waals surface area contributed by atoms with E-state index in [1.165, 1.54) is 31.5 Å². The minimum absolute atomic E-state index is 0.238. The number of aromatic carboxylic acids is 1. The van der Waals surface area contributed by atoms with Gasteiger partial charge in [-0.2, -0.15) is 0 Å². The first-order chi connectivity index (χ1) is 10.6. The van der Waals surface area contributed by atoms with Crippen LogP contribution in [0.2, 0.25) is 0 Å². The Morgan fingerprint density at radius 3 is 2.41 bits per heavy atom. The molecule has 1 atom stereocenters. The molecule has 0 saturated carbocycles. The molecule has 0 aliphatic carbocycles. The lowest BCUT2D eigenvalue weighted by Crippen LogP contribution is -2.23. The van der Waals surface area contributed by atoms with E-state index in [4.69, 9.17) is 5.11 Å². The van der Waals surface area contributed by atoms with E-state index in [1.807, 2.05) is 6.92 Å². The number of rotatable bonds is 4. The molecule has 2 heterocycles. The molecule has 0 bridgehead atoms. The van der Waals surface area contributed by atoms with Crippen LogP contribution in [-0.2, 0) is 0 Å². The van der Waals surface area contributed by atoms with E-state index in [9.17, 15) is 4.79 Å². The summed E-state index contributed by atoms with van der Waals surface area (Å²) >= 11 is 0. The first kappa shape index (κ1) is 14.9. The van der Waals surface area contributed by atoms with Gasteiger partial charge in [0, 0.05) is 17.3 Å². The molecular formula is C18H22N2O2. The number of hydrogen-bond donors (Lipinski definition) is 2. The molecule has 1 unspecified atom stereocenters. The van der Waals surface area contributed by atoms with Crippen LogP contribution in [0, 0.1) is 6.92 Å². The van der Waals surface area contributed by atoms with E-state index < -0.39 is 5.97 Å². The number of carboxylic acids is 1. The second-order valence-electron chi connectivity index (χ2n) is 6.07.